The van der Waals surface area contributed by atoms with Gasteiger partial charge in [-0.2, -0.15) is 0 Å². The third kappa shape index (κ3) is 3.92. The summed E-state index contributed by atoms with van der Waals surface area (Å²) in [6.45, 7) is 2.54. The molecule has 0 spiro atoms. The number of aryl methyl sites for hydroxylation is 1. The molecule has 0 aromatic carbocycles. The van der Waals surface area contributed by atoms with Gasteiger partial charge in [0.25, 0.3) is 0 Å². The van der Waals surface area contributed by atoms with Crippen LogP contribution in [0.1, 0.15) is 31.4 Å². The zero-order valence-electron chi connectivity index (χ0n) is 10.3. The van der Waals surface area contributed by atoms with Gasteiger partial charge in [-0.1, -0.05) is 11.6 Å². The van der Waals surface area contributed by atoms with Crippen LogP contribution in [0.25, 0.3) is 0 Å². The lowest BCUT2D eigenvalue weighted by atomic mass is 10.1. The highest BCUT2D eigenvalue weighted by atomic mass is 35.5. The van der Waals surface area contributed by atoms with Crippen LogP contribution in [0.15, 0.2) is 6.07 Å². The highest BCUT2D eigenvalue weighted by molar-refractivity contribution is 6.29. The quantitative estimate of drug-likeness (QED) is 0.856. The van der Waals surface area contributed by atoms with Gasteiger partial charge in [0.05, 0.1) is 12.5 Å². The van der Waals surface area contributed by atoms with Crippen LogP contribution in [-0.2, 0) is 9.53 Å². The Kier molecular flexibility index (Phi) is 4.49. The Balaban J connectivity index is 1.89. The first-order valence-corrected chi connectivity index (χ1v) is 6.44. The molecule has 1 atom stereocenters. The van der Waals surface area contributed by atoms with Crippen molar-refractivity contribution in [2.75, 3.05) is 11.9 Å². The molecule has 2 rings (SSSR count). The van der Waals surface area contributed by atoms with E-state index in [9.17, 15) is 4.79 Å². The SMILES string of the molecule is Cc1cc(Cl)nc(NC(=O)CC2CCCCO2)n1. The number of amides is 1. The molecule has 2 heterocycles. The van der Waals surface area contributed by atoms with Crippen molar-refractivity contribution in [1.29, 1.82) is 0 Å². The van der Waals surface area contributed by atoms with Crippen LogP contribution in [0.5, 0.6) is 0 Å². The van der Waals surface area contributed by atoms with E-state index in [1.165, 1.54) is 0 Å². The first kappa shape index (κ1) is 13.2. The molecule has 0 bridgehead atoms. The number of carbonyl (C=O) groups excluding carboxylic acids is 1. The van der Waals surface area contributed by atoms with Crippen LogP contribution in [0.2, 0.25) is 5.15 Å². The number of anilines is 1. The largest absolute Gasteiger partial charge is 0.378 e. The van der Waals surface area contributed by atoms with E-state index >= 15 is 0 Å². The van der Waals surface area contributed by atoms with Crippen LogP contribution < -0.4 is 5.32 Å². The van der Waals surface area contributed by atoms with Gasteiger partial charge in [0, 0.05) is 12.3 Å². The zero-order valence-corrected chi connectivity index (χ0v) is 11.0. The van der Waals surface area contributed by atoms with Crippen LogP contribution >= 0.6 is 11.6 Å². The summed E-state index contributed by atoms with van der Waals surface area (Å²) in [4.78, 5) is 19.8. The molecular weight excluding hydrogens is 254 g/mol. The molecule has 1 aliphatic rings. The molecule has 1 aliphatic heterocycles. The Hall–Kier alpha value is -1.20. The van der Waals surface area contributed by atoms with E-state index in [-0.39, 0.29) is 18.0 Å². The van der Waals surface area contributed by atoms with E-state index in [4.69, 9.17) is 16.3 Å². The molecule has 1 fully saturated rings. The molecule has 5 nitrogen and oxygen atoms in total. The fraction of sp³-hybridized carbons (Fsp3) is 0.583. The molecule has 0 aliphatic carbocycles. The lowest BCUT2D eigenvalue weighted by Crippen LogP contribution is -2.26. The van der Waals surface area contributed by atoms with Crippen LogP contribution in [0.4, 0.5) is 5.95 Å². The van der Waals surface area contributed by atoms with E-state index in [2.05, 4.69) is 15.3 Å². The summed E-state index contributed by atoms with van der Waals surface area (Å²) in [7, 11) is 0. The van der Waals surface area contributed by atoms with Gasteiger partial charge < -0.3 is 4.74 Å². The molecule has 98 valence electrons. The Morgan fingerprint density at radius 2 is 2.39 bits per heavy atom. The van der Waals surface area contributed by atoms with Gasteiger partial charge in [-0.25, -0.2) is 9.97 Å². The molecule has 1 saturated heterocycles. The van der Waals surface area contributed by atoms with Crippen LogP contribution in [0.3, 0.4) is 0 Å². The van der Waals surface area contributed by atoms with Gasteiger partial charge in [0.2, 0.25) is 11.9 Å². The Bertz CT molecular complexity index is 413. The topological polar surface area (TPSA) is 64.1 Å². The second-order valence-corrected chi connectivity index (χ2v) is 4.78. The maximum atomic E-state index is 11.8. The maximum absolute atomic E-state index is 11.8. The van der Waals surface area contributed by atoms with Gasteiger partial charge in [-0.15, -0.1) is 0 Å². The normalized spacial score (nSPS) is 19.6. The molecule has 1 aromatic rings. The molecule has 18 heavy (non-hydrogen) atoms. The average Bonchev–Trinajstić information content (AvgIpc) is 2.28. The van der Waals surface area contributed by atoms with E-state index in [0.717, 1.165) is 31.6 Å². The fourth-order valence-electron chi connectivity index (χ4n) is 1.94. The predicted octanol–water partition coefficient (Wildman–Crippen LogP) is 2.34. The first-order chi connectivity index (χ1) is 8.63. The number of carbonyl (C=O) groups is 1. The van der Waals surface area contributed by atoms with Crippen molar-refractivity contribution in [2.45, 2.75) is 38.7 Å². The maximum Gasteiger partial charge on any atom is 0.231 e. The fourth-order valence-corrected chi connectivity index (χ4v) is 2.17. The van der Waals surface area contributed by atoms with Gasteiger partial charge in [0.1, 0.15) is 5.15 Å². The molecule has 1 unspecified atom stereocenters. The summed E-state index contributed by atoms with van der Waals surface area (Å²) in [5.74, 6) is 0.115. The van der Waals surface area contributed by atoms with E-state index in [1.807, 2.05) is 0 Å². The van der Waals surface area contributed by atoms with Gasteiger partial charge in [-0.05, 0) is 32.3 Å². The van der Waals surface area contributed by atoms with E-state index in [0.29, 0.717) is 11.6 Å². The summed E-state index contributed by atoms with van der Waals surface area (Å²) in [5, 5.41) is 2.97. The molecule has 1 amide bonds. The van der Waals surface area contributed by atoms with Crippen molar-refractivity contribution in [2.24, 2.45) is 0 Å². The highest BCUT2D eigenvalue weighted by Crippen LogP contribution is 2.16. The molecule has 1 N–H and O–H groups in total. The minimum Gasteiger partial charge on any atom is -0.378 e. The zero-order chi connectivity index (χ0) is 13.0. The molecular formula is C12H16ClN3O2. The summed E-state index contributed by atoms with van der Waals surface area (Å²) < 4.78 is 5.51. The molecule has 6 heteroatoms. The number of nitrogens with zero attached hydrogens (tertiary/aromatic N) is 2. The molecule has 1 aromatic heterocycles. The highest BCUT2D eigenvalue weighted by Gasteiger charge is 2.18. The van der Waals surface area contributed by atoms with Gasteiger partial charge >= 0.3 is 0 Å². The van der Waals surface area contributed by atoms with Gasteiger partial charge in [0.15, 0.2) is 0 Å². The number of ether oxygens (including phenoxy) is 1. The van der Waals surface area contributed by atoms with Crippen molar-refractivity contribution in [3.8, 4) is 0 Å². The summed E-state index contributed by atoms with van der Waals surface area (Å²) in [5.41, 5.74) is 0.721. The molecule has 0 saturated carbocycles. The third-order valence-corrected chi connectivity index (χ3v) is 2.95. The summed E-state index contributed by atoms with van der Waals surface area (Å²) in [6.07, 6.45) is 3.48. The Morgan fingerprint density at radius 1 is 1.56 bits per heavy atom. The minimum absolute atomic E-state index is 0.0130. The summed E-state index contributed by atoms with van der Waals surface area (Å²) >= 11 is 5.80. The predicted molar refractivity (Wildman–Crippen MR) is 68.6 cm³/mol. The second-order valence-electron chi connectivity index (χ2n) is 4.40. The summed E-state index contributed by atoms with van der Waals surface area (Å²) in [6, 6.07) is 1.64. The first-order valence-electron chi connectivity index (χ1n) is 6.06. The minimum atomic E-state index is -0.136. The lowest BCUT2D eigenvalue weighted by Gasteiger charge is -2.21. The standard InChI is InChI=1S/C12H16ClN3O2/c1-8-6-10(13)15-12(14-8)16-11(17)7-9-4-2-3-5-18-9/h6,9H,2-5,7H2,1H3,(H,14,15,16,17). The van der Waals surface area contributed by atoms with Crippen molar-refractivity contribution in [3.63, 3.8) is 0 Å². The van der Waals surface area contributed by atoms with Crippen LogP contribution in [-0.4, -0.2) is 28.6 Å². The third-order valence-electron chi connectivity index (χ3n) is 2.76. The Labute approximate surface area is 111 Å². The number of rotatable bonds is 3. The Morgan fingerprint density at radius 3 is 3.06 bits per heavy atom. The van der Waals surface area contributed by atoms with Crippen molar-refractivity contribution >= 4 is 23.5 Å². The lowest BCUT2D eigenvalue weighted by molar-refractivity contribution is -0.119. The smallest absolute Gasteiger partial charge is 0.231 e. The number of hydrogen-bond acceptors (Lipinski definition) is 4. The van der Waals surface area contributed by atoms with E-state index in [1.54, 1.807) is 13.0 Å². The second kappa shape index (κ2) is 6.11. The monoisotopic (exact) mass is 269 g/mol. The van der Waals surface area contributed by atoms with Crippen molar-refractivity contribution < 1.29 is 9.53 Å². The average molecular weight is 270 g/mol. The van der Waals surface area contributed by atoms with Crippen molar-refractivity contribution in [3.05, 3.63) is 16.9 Å². The number of aromatic nitrogens is 2. The van der Waals surface area contributed by atoms with E-state index < -0.39 is 0 Å². The van der Waals surface area contributed by atoms with Crippen LogP contribution in [0, 0.1) is 6.92 Å². The van der Waals surface area contributed by atoms with Crippen molar-refractivity contribution in [1.82, 2.24) is 9.97 Å². The number of nitrogens with one attached hydrogen (secondary N) is 1. The number of halogens is 1. The van der Waals surface area contributed by atoms with Gasteiger partial charge in [-0.3, -0.25) is 10.1 Å². The molecule has 0 radical (unpaired) electrons. The number of hydrogen-bond donors (Lipinski definition) is 1.